The highest BCUT2D eigenvalue weighted by Gasteiger charge is 2.15. The zero-order valence-corrected chi connectivity index (χ0v) is 8.56. The first-order valence-electron chi connectivity index (χ1n) is 4.61. The molecule has 14 heavy (non-hydrogen) atoms. The van der Waals surface area contributed by atoms with E-state index in [2.05, 4.69) is 30.7 Å². The molecule has 2 aromatic rings. The zero-order chi connectivity index (χ0) is 10.3. The Hall–Kier alpha value is -1.38. The van der Waals surface area contributed by atoms with Crippen molar-refractivity contribution in [3.8, 4) is 0 Å². The van der Waals surface area contributed by atoms with Crippen molar-refractivity contribution < 1.29 is 4.39 Å². The van der Waals surface area contributed by atoms with E-state index in [0.717, 1.165) is 5.56 Å². The molecule has 2 heterocycles. The van der Waals surface area contributed by atoms with Crippen molar-refractivity contribution in [3.63, 3.8) is 0 Å². The van der Waals surface area contributed by atoms with Gasteiger partial charge in [-0.1, -0.05) is 20.8 Å². The fourth-order valence-corrected chi connectivity index (χ4v) is 1.38. The van der Waals surface area contributed by atoms with E-state index in [4.69, 9.17) is 0 Å². The molecule has 2 aromatic heterocycles. The molecule has 2 nitrogen and oxygen atoms in total. The van der Waals surface area contributed by atoms with E-state index in [1.54, 1.807) is 6.20 Å². The number of rotatable bonds is 0. The molecule has 0 spiro atoms. The van der Waals surface area contributed by atoms with Gasteiger partial charge in [0.1, 0.15) is 11.5 Å². The molecule has 1 N–H and O–H groups in total. The van der Waals surface area contributed by atoms with E-state index in [0.29, 0.717) is 11.0 Å². The van der Waals surface area contributed by atoms with E-state index in [1.165, 1.54) is 6.20 Å². The molecule has 0 radical (unpaired) electrons. The van der Waals surface area contributed by atoms with Crippen LogP contribution >= 0.6 is 0 Å². The fraction of sp³-hybridized carbons (Fsp3) is 0.364. The van der Waals surface area contributed by atoms with Crippen LogP contribution in [0.15, 0.2) is 18.5 Å². The van der Waals surface area contributed by atoms with Crippen molar-refractivity contribution >= 4 is 11.0 Å². The third-order valence-corrected chi connectivity index (χ3v) is 2.35. The normalized spacial score (nSPS) is 12.3. The smallest absolute Gasteiger partial charge is 0.150 e. The van der Waals surface area contributed by atoms with Crippen LogP contribution in [0.25, 0.3) is 11.0 Å². The molecule has 0 atom stereocenters. The summed E-state index contributed by atoms with van der Waals surface area (Å²) in [6, 6.07) is 1.86. The molecule has 0 amide bonds. The molecule has 2 rings (SSSR count). The third-order valence-electron chi connectivity index (χ3n) is 2.35. The summed E-state index contributed by atoms with van der Waals surface area (Å²) < 4.78 is 13.2. The third kappa shape index (κ3) is 1.39. The number of hydrogen-bond donors (Lipinski definition) is 1. The average molecular weight is 192 g/mol. The molecule has 0 bridgehead atoms. The number of halogens is 1. The van der Waals surface area contributed by atoms with Gasteiger partial charge in [0.2, 0.25) is 0 Å². The van der Waals surface area contributed by atoms with Crippen LogP contribution in [0.4, 0.5) is 4.39 Å². The maximum atomic E-state index is 13.2. The molecule has 0 aromatic carbocycles. The van der Waals surface area contributed by atoms with Gasteiger partial charge in [0, 0.05) is 12.4 Å². The lowest BCUT2D eigenvalue weighted by atomic mass is 9.88. The van der Waals surface area contributed by atoms with Crippen LogP contribution in [0.3, 0.4) is 0 Å². The number of nitrogens with zero attached hydrogens (tertiary/aromatic N) is 1. The lowest BCUT2D eigenvalue weighted by Gasteiger charge is -2.18. The molecule has 0 unspecified atom stereocenters. The minimum atomic E-state index is -0.237. The molecule has 0 saturated heterocycles. The van der Waals surface area contributed by atoms with Gasteiger partial charge in [0.25, 0.3) is 0 Å². The molecule has 3 heteroatoms. The van der Waals surface area contributed by atoms with Crippen LogP contribution in [-0.2, 0) is 5.41 Å². The first-order valence-corrected chi connectivity index (χ1v) is 4.61. The molecule has 0 saturated carbocycles. The number of H-pyrrole nitrogens is 1. The van der Waals surface area contributed by atoms with Crippen LogP contribution in [0.2, 0.25) is 0 Å². The topological polar surface area (TPSA) is 28.7 Å². The first kappa shape index (κ1) is 9.19. The van der Waals surface area contributed by atoms with Crippen LogP contribution in [0.1, 0.15) is 26.3 Å². The summed E-state index contributed by atoms with van der Waals surface area (Å²) in [4.78, 5) is 6.95. The van der Waals surface area contributed by atoms with E-state index < -0.39 is 0 Å². The number of pyridine rings is 1. The predicted octanol–water partition coefficient (Wildman–Crippen LogP) is 3.00. The van der Waals surface area contributed by atoms with E-state index in [1.807, 2.05) is 6.07 Å². The Kier molecular flexibility index (Phi) is 1.84. The van der Waals surface area contributed by atoms with Gasteiger partial charge >= 0.3 is 0 Å². The van der Waals surface area contributed by atoms with Crippen molar-refractivity contribution in [2.45, 2.75) is 26.2 Å². The summed E-state index contributed by atoms with van der Waals surface area (Å²) in [7, 11) is 0. The van der Waals surface area contributed by atoms with Crippen LogP contribution < -0.4 is 0 Å². The van der Waals surface area contributed by atoms with Crippen LogP contribution in [0.5, 0.6) is 0 Å². The Labute approximate surface area is 82.2 Å². The van der Waals surface area contributed by atoms with Crippen molar-refractivity contribution in [2.24, 2.45) is 0 Å². The Morgan fingerprint density at radius 3 is 2.71 bits per heavy atom. The zero-order valence-electron chi connectivity index (χ0n) is 8.56. The number of aromatic nitrogens is 2. The Morgan fingerprint density at radius 2 is 2.07 bits per heavy atom. The highest BCUT2D eigenvalue weighted by molar-refractivity contribution is 5.76. The molecule has 0 aliphatic carbocycles. The van der Waals surface area contributed by atoms with E-state index in [9.17, 15) is 4.39 Å². The largest absolute Gasteiger partial charge is 0.343 e. The summed E-state index contributed by atoms with van der Waals surface area (Å²) >= 11 is 0. The average Bonchev–Trinajstić information content (AvgIpc) is 2.46. The monoisotopic (exact) mass is 192 g/mol. The number of fused-ring (bicyclic) bond motifs is 1. The summed E-state index contributed by atoms with van der Waals surface area (Å²) in [5, 5.41) is 0.567. The van der Waals surface area contributed by atoms with Crippen LogP contribution in [0, 0.1) is 5.82 Å². The second-order valence-electron chi connectivity index (χ2n) is 4.51. The highest BCUT2D eigenvalue weighted by Crippen LogP contribution is 2.25. The van der Waals surface area contributed by atoms with Gasteiger partial charge in [-0.25, -0.2) is 9.37 Å². The standard InChI is InChI=1S/C11H13FN2/c1-11(2,3)7-4-8-9(12)6-14-10(8)13-5-7/h4-6H,1-3H3,(H,13,14). The van der Waals surface area contributed by atoms with E-state index in [-0.39, 0.29) is 11.2 Å². The molecular weight excluding hydrogens is 179 g/mol. The van der Waals surface area contributed by atoms with Gasteiger partial charge in [-0.2, -0.15) is 0 Å². The lowest BCUT2D eigenvalue weighted by Crippen LogP contribution is -2.11. The van der Waals surface area contributed by atoms with Crippen molar-refractivity contribution in [3.05, 3.63) is 29.8 Å². The summed E-state index contributed by atoms with van der Waals surface area (Å²) in [5.74, 6) is -0.237. The van der Waals surface area contributed by atoms with Gasteiger partial charge < -0.3 is 4.98 Å². The molecule has 0 fully saturated rings. The number of hydrogen-bond acceptors (Lipinski definition) is 1. The first-order chi connectivity index (χ1) is 6.48. The highest BCUT2D eigenvalue weighted by atomic mass is 19.1. The fourth-order valence-electron chi connectivity index (χ4n) is 1.38. The van der Waals surface area contributed by atoms with Crippen molar-refractivity contribution in [1.29, 1.82) is 0 Å². The predicted molar refractivity (Wildman–Crippen MR) is 54.8 cm³/mol. The molecule has 0 aliphatic rings. The molecular formula is C11H13FN2. The van der Waals surface area contributed by atoms with Gasteiger partial charge in [0.05, 0.1) is 5.39 Å². The minimum Gasteiger partial charge on any atom is -0.343 e. The number of aromatic amines is 1. The maximum Gasteiger partial charge on any atom is 0.150 e. The van der Waals surface area contributed by atoms with Gasteiger partial charge in [-0.15, -0.1) is 0 Å². The minimum absolute atomic E-state index is 0.00486. The summed E-state index contributed by atoms with van der Waals surface area (Å²) in [6.07, 6.45) is 3.13. The Morgan fingerprint density at radius 1 is 1.36 bits per heavy atom. The second-order valence-corrected chi connectivity index (χ2v) is 4.51. The van der Waals surface area contributed by atoms with Crippen molar-refractivity contribution in [2.75, 3.05) is 0 Å². The summed E-state index contributed by atoms with van der Waals surface area (Å²) in [5.41, 5.74) is 1.66. The van der Waals surface area contributed by atoms with Crippen molar-refractivity contribution in [1.82, 2.24) is 9.97 Å². The lowest BCUT2D eigenvalue weighted by molar-refractivity contribution is 0.588. The number of nitrogens with one attached hydrogen (secondary N) is 1. The Bertz CT molecular complexity index is 466. The van der Waals surface area contributed by atoms with Crippen LogP contribution in [-0.4, -0.2) is 9.97 Å². The molecule has 0 aliphatic heterocycles. The van der Waals surface area contributed by atoms with E-state index >= 15 is 0 Å². The SMILES string of the molecule is CC(C)(C)c1cnc2[nH]cc(F)c2c1. The Balaban J connectivity index is 2.66. The van der Waals surface area contributed by atoms with Gasteiger partial charge in [-0.3, -0.25) is 0 Å². The quantitative estimate of drug-likeness (QED) is 0.683. The second kappa shape index (κ2) is 2.80. The molecule has 74 valence electrons. The maximum absolute atomic E-state index is 13.2. The summed E-state index contributed by atoms with van der Waals surface area (Å²) in [6.45, 7) is 6.25. The van der Waals surface area contributed by atoms with Gasteiger partial charge in [-0.05, 0) is 17.0 Å². The van der Waals surface area contributed by atoms with Gasteiger partial charge in [0.15, 0.2) is 0 Å².